The van der Waals surface area contributed by atoms with Crippen LogP contribution in [0.1, 0.15) is 5.56 Å². The number of hydrogen-bond donors (Lipinski definition) is 1. The summed E-state index contributed by atoms with van der Waals surface area (Å²) >= 11 is 5.39. The summed E-state index contributed by atoms with van der Waals surface area (Å²) in [6.45, 7) is 0. The smallest absolute Gasteiger partial charge is 0.241 e. The number of carbonyl (C=O) groups excluding carboxylic acids is 1. The lowest BCUT2D eigenvalue weighted by atomic mass is 10.2. The van der Waals surface area contributed by atoms with Crippen molar-refractivity contribution in [3.8, 4) is 5.69 Å². The van der Waals surface area contributed by atoms with Crippen molar-refractivity contribution in [3.05, 3.63) is 64.9 Å². The molecular weight excluding hydrogens is 244 g/mol. The van der Waals surface area contributed by atoms with Crippen molar-refractivity contribution in [1.82, 2.24) is 4.57 Å². The number of hydrogen-bond acceptors (Lipinski definition) is 2. The Morgan fingerprint density at radius 1 is 1.17 bits per heavy atom. The summed E-state index contributed by atoms with van der Waals surface area (Å²) in [6.07, 6.45) is 4.82. The summed E-state index contributed by atoms with van der Waals surface area (Å²) in [4.78, 5) is 10.7. The highest BCUT2D eigenvalue weighted by Crippen LogP contribution is 2.12. The molecule has 18 heavy (non-hydrogen) atoms. The van der Waals surface area contributed by atoms with E-state index in [2.05, 4.69) is 0 Å². The molecule has 1 aromatic heterocycles. The molecule has 0 radical (unpaired) electrons. The van der Waals surface area contributed by atoms with Gasteiger partial charge in [-0.25, -0.2) is 0 Å². The lowest BCUT2D eigenvalue weighted by Crippen LogP contribution is -2.05. The van der Waals surface area contributed by atoms with E-state index in [1.54, 1.807) is 6.08 Å². The molecule has 3 nitrogen and oxygen atoms in total. The minimum absolute atomic E-state index is 0.487. The molecule has 0 spiro atoms. The second-order valence-electron chi connectivity index (χ2n) is 3.71. The quantitative estimate of drug-likeness (QED) is 0.678. The third-order valence-electron chi connectivity index (χ3n) is 2.44. The molecule has 2 aromatic rings. The largest absolute Gasteiger partial charge is 0.366 e. The number of pyridine rings is 1. The van der Waals surface area contributed by atoms with Crippen LogP contribution in [0.2, 0.25) is 0 Å². The zero-order valence-corrected chi connectivity index (χ0v) is 10.4. The summed E-state index contributed by atoms with van der Waals surface area (Å²) in [5, 5.41) is 0. The van der Waals surface area contributed by atoms with Gasteiger partial charge in [0.1, 0.15) is 4.64 Å². The molecule has 0 atom stereocenters. The maximum absolute atomic E-state index is 10.7. The van der Waals surface area contributed by atoms with Crippen molar-refractivity contribution in [2.45, 2.75) is 0 Å². The molecule has 2 N–H and O–H groups in total. The molecular formula is C14H12N2OS. The lowest BCUT2D eigenvalue weighted by molar-refractivity contribution is -0.113. The van der Waals surface area contributed by atoms with Crippen LogP contribution in [0.5, 0.6) is 0 Å². The second-order valence-corrected chi connectivity index (χ2v) is 4.10. The van der Waals surface area contributed by atoms with Gasteiger partial charge in [0, 0.05) is 23.5 Å². The monoisotopic (exact) mass is 256 g/mol. The van der Waals surface area contributed by atoms with Crippen LogP contribution >= 0.6 is 12.2 Å². The van der Waals surface area contributed by atoms with Crippen molar-refractivity contribution < 1.29 is 4.79 Å². The third kappa shape index (κ3) is 2.73. The Morgan fingerprint density at radius 2 is 1.89 bits per heavy atom. The van der Waals surface area contributed by atoms with Crippen LogP contribution in [0.15, 0.2) is 54.7 Å². The van der Waals surface area contributed by atoms with Gasteiger partial charge in [0.25, 0.3) is 0 Å². The highest BCUT2D eigenvalue weighted by atomic mass is 32.1. The van der Waals surface area contributed by atoms with E-state index in [1.165, 1.54) is 6.08 Å². The number of para-hydroxylation sites is 1. The second kappa shape index (κ2) is 5.42. The van der Waals surface area contributed by atoms with Crippen LogP contribution in [-0.2, 0) is 4.79 Å². The maximum Gasteiger partial charge on any atom is 0.241 e. The van der Waals surface area contributed by atoms with Crippen LogP contribution in [0.3, 0.4) is 0 Å². The van der Waals surface area contributed by atoms with E-state index >= 15 is 0 Å². The Hall–Kier alpha value is -2.20. The van der Waals surface area contributed by atoms with Gasteiger partial charge in [0.05, 0.1) is 0 Å². The summed E-state index contributed by atoms with van der Waals surface area (Å²) in [5.74, 6) is -0.487. The van der Waals surface area contributed by atoms with Gasteiger partial charge in [-0.1, -0.05) is 36.5 Å². The number of amides is 1. The number of carbonyl (C=O) groups is 1. The Morgan fingerprint density at radius 3 is 2.56 bits per heavy atom. The van der Waals surface area contributed by atoms with Gasteiger partial charge < -0.3 is 10.3 Å². The SMILES string of the molecule is NC(=O)/C=C/c1cccn(-c2ccccc2)c1=S. The molecule has 4 heteroatoms. The van der Waals surface area contributed by atoms with Gasteiger partial charge >= 0.3 is 0 Å². The van der Waals surface area contributed by atoms with Crippen molar-refractivity contribution in [1.29, 1.82) is 0 Å². The summed E-state index contributed by atoms with van der Waals surface area (Å²) in [7, 11) is 0. The van der Waals surface area contributed by atoms with Crippen molar-refractivity contribution in [3.63, 3.8) is 0 Å². The molecule has 0 bridgehead atoms. The van der Waals surface area contributed by atoms with Gasteiger partial charge in [-0.2, -0.15) is 0 Å². The fourth-order valence-corrected chi connectivity index (χ4v) is 1.90. The van der Waals surface area contributed by atoms with Crippen molar-refractivity contribution in [2.24, 2.45) is 5.73 Å². The number of primary amides is 1. The Labute approximate surface area is 110 Å². The molecule has 0 fully saturated rings. The standard InChI is InChI=1S/C14H12N2OS/c15-13(17)9-8-11-5-4-10-16(14(11)18)12-6-2-1-3-7-12/h1-10H,(H2,15,17)/b9-8+. The first-order valence-corrected chi connectivity index (χ1v) is 5.84. The number of nitrogens with two attached hydrogens (primary N) is 1. The molecule has 0 aliphatic rings. The molecule has 1 amide bonds. The predicted octanol–water partition coefficient (Wildman–Crippen LogP) is 2.71. The lowest BCUT2D eigenvalue weighted by Gasteiger charge is -2.07. The highest BCUT2D eigenvalue weighted by Gasteiger charge is 1.99. The molecule has 0 aliphatic heterocycles. The minimum atomic E-state index is -0.487. The van der Waals surface area contributed by atoms with E-state index in [-0.39, 0.29) is 0 Å². The zero-order valence-electron chi connectivity index (χ0n) is 9.61. The third-order valence-corrected chi connectivity index (χ3v) is 2.87. The van der Waals surface area contributed by atoms with E-state index in [4.69, 9.17) is 18.0 Å². The van der Waals surface area contributed by atoms with E-state index in [9.17, 15) is 4.79 Å². The average molecular weight is 256 g/mol. The first kappa shape index (κ1) is 12.3. The fraction of sp³-hybridized carbons (Fsp3) is 0. The van der Waals surface area contributed by atoms with E-state index in [0.29, 0.717) is 4.64 Å². The summed E-state index contributed by atoms with van der Waals surface area (Å²) in [6, 6.07) is 13.5. The first-order valence-electron chi connectivity index (χ1n) is 5.43. The summed E-state index contributed by atoms with van der Waals surface area (Å²) < 4.78 is 2.52. The molecule has 90 valence electrons. The van der Waals surface area contributed by atoms with Crippen LogP contribution in [-0.4, -0.2) is 10.5 Å². The zero-order chi connectivity index (χ0) is 13.0. The van der Waals surface area contributed by atoms with Crippen LogP contribution < -0.4 is 5.73 Å². The van der Waals surface area contributed by atoms with Gasteiger partial charge in [-0.15, -0.1) is 0 Å². The first-order chi connectivity index (χ1) is 8.68. The Kier molecular flexibility index (Phi) is 3.69. The normalized spacial score (nSPS) is 10.7. The van der Waals surface area contributed by atoms with Crippen molar-refractivity contribution >= 4 is 24.2 Å². The van der Waals surface area contributed by atoms with Crippen LogP contribution in [0.4, 0.5) is 0 Å². The predicted molar refractivity (Wildman–Crippen MR) is 74.8 cm³/mol. The maximum atomic E-state index is 10.7. The summed E-state index contributed by atoms with van der Waals surface area (Å²) in [5.41, 5.74) is 6.84. The molecule has 2 rings (SSSR count). The molecule has 0 saturated carbocycles. The fourth-order valence-electron chi connectivity index (χ4n) is 1.60. The molecule has 0 aliphatic carbocycles. The Balaban J connectivity index is 2.49. The Bertz CT molecular complexity index is 644. The minimum Gasteiger partial charge on any atom is -0.366 e. The molecule has 1 aromatic carbocycles. The van der Waals surface area contributed by atoms with E-state index in [1.807, 2.05) is 53.2 Å². The molecule has 0 unspecified atom stereocenters. The molecule has 1 heterocycles. The molecule has 0 saturated heterocycles. The van der Waals surface area contributed by atoms with Gasteiger partial charge in [0.2, 0.25) is 5.91 Å². The van der Waals surface area contributed by atoms with Crippen LogP contribution in [0, 0.1) is 4.64 Å². The van der Waals surface area contributed by atoms with Crippen molar-refractivity contribution in [2.75, 3.05) is 0 Å². The number of benzene rings is 1. The number of nitrogens with zero attached hydrogens (tertiary/aromatic N) is 1. The van der Waals surface area contributed by atoms with Crippen LogP contribution in [0.25, 0.3) is 11.8 Å². The van der Waals surface area contributed by atoms with Gasteiger partial charge in [-0.05, 0) is 24.3 Å². The average Bonchev–Trinajstić information content (AvgIpc) is 2.38. The number of rotatable bonds is 3. The van der Waals surface area contributed by atoms with E-state index in [0.717, 1.165) is 11.3 Å². The van der Waals surface area contributed by atoms with Gasteiger partial charge in [0.15, 0.2) is 0 Å². The van der Waals surface area contributed by atoms with Gasteiger partial charge in [-0.3, -0.25) is 4.79 Å². The highest BCUT2D eigenvalue weighted by molar-refractivity contribution is 7.71. The van der Waals surface area contributed by atoms with E-state index < -0.39 is 5.91 Å². The number of aromatic nitrogens is 1. The topological polar surface area (TPSA) is 48.0 Å².